The summed E-state index contributed by atoms with van der Waals surface area (Å²) in [7, 11) is 0. The summed E-state index contributed by atoms with van der Waals surface area (Å²) in [5, 5.41) is 9.02. The highest BCUT2D eigenvalue weighted by Gasteiger charge is 2.29. The number of carbonyl (C=O) groups excluding carboxylic acids is 2. The number of carboxylic acids is 1. The highest BCUT2D eigenvalue weighted by atomic mass is 32.1. The fourth-order valence-corrected chi connectivity index (χ4v) is 5.05. The monoisotopic (exact) mass is 364 g/mol. The maximum absolute atomic E-state index is 12.8. The molecule has 0 bridgehead atoms. The van der Waals surface area contributed by atoms with E-state index in [2.05, 4.69) is 0 Å². The predicted octanol–water partition coefficient (Wildman–Crippen LogP) is 2.16. The van der Waals surface area contributed by atoms with Crippen LogP contribution in [0.2, 0.25) is 0 Å². The third-order valence-electron chi connectivity index (χ3n) is 5.09. The Balaban J connectivity index is 1.65. The minimum atomic E-state index is -1.000. The van der Waals surface area contributed by atoms with Crippen LogP contribution in [0.4, 0.5) is 0 Å². The molecular formula is C18H24N2O4S. The number of amides is 2. The molecule has 0 aromatic carbocycles. The van der Waals surface area contributed by atoms with Gasteiger partial charge in [0.1, 0.15) is 6.54 Å². The molecule has 2 amide bonds. The van der Waals surface area contributed by atoms with Crippen molar-refractivity contribution in [1.82, 2.24) is 9.80 Å². The lowest BCUT2D eigenvalue weighted by atomic mass is 10.1. The summed E-state index contributed by atoms with van der Waals surface area (Å²) in [6.45, 7) is 2.36. The molecule has 1 unspecified atom stereocenters. The largest absolute Gasteiger partial charge is 0.480 e. The number of nitrogens with zero attached hydrogens (tertiary/aromatic N) is 2. The molecule has 3 rings (SSSR count). The van der Waals surface area contributed by atoms with E-state index < -0.39 is 5.97 Å². The molecule has 6 nitrogen and oxygen atoms in total. The fourth-order valence-electron chi connectivity index (χ4n) is 3.83. The van der Waals surface area contributed by atoms with Crippen LogP contribution in [0.25, 0.3) is 0 Å². The second kappa shape index (κ2) is 7.56. The molecule has 1 N–H and O–H groups in total. The van der Waals surface area contributed by atoms with E-state index in [1.54, 1.807) is 11.3 Å². The Morgan fingerprint density at radius 2 is 2.04 bits per heavy atom. The summed E-state index contributed by atoms with van der Waals surface area (Å²) < 4.78 is 0. The lowest BCUT2D eigenvalue weighted by molar-refractivity contribution is -0.145. The van der Waals surface area contributed by atoms with Gasteiger partial charge in [0.05, 0.1) is 4.88 Å². The molecule has 136 valence electrons. The van der Waals surface area contributed by atoms with E-state index in [-0.39, 0.29) is 24.4 Å². The van der Waals surface area contributed by atoms with Crippen LogP contribution in [-0.2, 0) is 22.4 Å². The van der Waals surface area contributed by atoms with Crippen LogP contribution >= 0.6 is 11.3 Å². The second-order valence-corrected chi connectivity index (χ2v) is 7.97. The van der Waals surface area contributed by atoms with Crippen LogP contribution in [0.15, 0.2) is 6.07 Å². The van der Waals surface area contributed by atoms with E-state index in [0.717, 1.165) is 30.6 Å². The first-order valence-corrected chi connectivity index (χ1v) is 9.67. The van der Waals surface area contributed by atoms with Gasteiger partial charge in [-0.15, -0.1) is 11.3 Å². The Bertz CT molecular complexity index is 663. The molecule has 1 aliphatic carbocycles. The fraction of sp³-hybridized carbons (Fsp3) is 0.611. The van der Waals surface area contributed by atoms with Crippen LogP contribution in [0.1, 0.15) is 52.7 Å². The van der Waals surface area contributed by atoms with Gasteiger partial charge in [-0.05, 0) is 50.2 Å². The van der Waals surface area contributed by atoms with E-state index in [1.807, 2.05) is 11.0 Å². The van der Waals surface area contributed by atoms with Crippen LogP contribution in [0.5, 0.6) is 0 Å². The molecule has 2 heterocycles. The minimum absolute atomic E-state index is 0.0765. The summed E-state index contributed by atoms with van der Waals surface area (Å²) in [6, 6.07) is 1.93. The average Bonchev–Trinajstić information content (AvgIpc) is 3.06. The van der Waals surface area contributed by atoms with Crippen molar-refractivity contribution in [3.8, 4) is 0 Å². The molecule has 2 aliphatic rings. The molecule has 1 aromatic rings. The molecule has 7 heteroatoms. The third-order valence-corrected chi connectivity index (χ3v) is 6.32. The van der Waals surface area contributed by atoms with Gasteiger partial charge in [0.2, 0.25) is 5.91 Å². The van der Waals surface area contributed by atoms with E-state index in [9.17, 15) is 14.4 Å². The van der Waals surface area contributed by atoms with Gasteiger partial charge in [0, 0.05) is 30.9 Å². The number of hydrogen-bond donors (Lipinski definition) is 1. The number of carboxylic acid groups (broad SMARTS) is 1. The van der Waals surface area contributed by atoms with Crippen molar-refractivity contribution < 1.29 is 19.5 Å². The zero-order valence-electron chi connectivity index (χ0n) is 14.5. The molecule has 0 radical (unpaired) electrons. The Morgan fingerprint density at radius 3 is 2.72 bits per heavy atom. The molecule has 0 spiro atoms. The first kappa shape index (κ1) is 17.9. The van der Waals surface area contributed by atoms with Crippen LogP contribution < -0.4 is 0 Å². The maximum atomic E-state index is 12.8. The highest BCUT2D eigenvalue weighted by molar-refractivity contribution is 7.14. The molecule has 1 aromatic heterocycles. The number of hydrogen-bond acceptors (Lipinski definition) is 4. The van der Waals surface area contributed by atoms with Gasteiger partial charge in [-0.2, -0.15) is 0 Å². The normalized spacial score (nSPS) is 20.0. The lowest BCUT2D eigenvalue weighted by Crippen LogP contribution is -2.43. The number of carbonyl (C=O) groups is 3. The van der Waals surface area contributed by atoms with Crippen molar-refractivity contribution >= 4 is 29.1 Å². The van der Waals surface area contributed by atoms with E-state index in [0.29, 0.717) is 19.5 Å². The van der Waals surface area contributed by atoms with Crippen molar-refractivity contribution in [2.45, 2.75) is 51.5 Å². The maximum Gasteiger partial charge on any atom is 0.323 e. The van der Waals surface area contributed by atoms with E-state index >= 15 is 0 Å². The number of thiophene rings is 1. The molecular weight excluding hydrogens is 340 g/mol. The summed E-state index contributed by atoms with van der Waals surface area (Å²) >= 11 is 1.62. The van der Waals surface area contributed by atoms with Crippen molar-refractivity contribution in [2.24, 2.45) is 0 Å². The van der Waals surface area contributed by atoms with E-state index in [1.165, 1.54) is 28.7 Å². The molecule has 1 fully saturated rings. The van der Waals surface area contributed by atoms with Gasteiger partial charge in [0.15, 0.2) is 0 Å². The van der Waals surface area contributed by atoms with Crippen molar-refractivity contribution in [1.29, 1.82) is 0 Å². The zero-order valence-corrected chi connectivity index (χ0v) is 15.3. The first-order valence-electron chi connectivity index (χ1n) is 8.85. The molecule has 25 heavy (non-hydrogen) atoms. The molecule has 0 saturated carbocycles. The summed E-state index contributed by atoms with van der Waals surface area (Å²) in [5.74, 6) is -1.14. The van der Waals surface area contributed by atoms with Gasteiger partial charge in [-0.25, -0.2) is 0 Å². The number of aliphatic carboxylic acids is 1. The smallest absolute Gasteiger partial charge is 0.323 e. The SMILES string of the molecule is CC(=O)N(CC(=O)O)C1CCCN(C(=O)c2cc3c(s2)CCC3)CC1. The molecule has 1 atom stereocenters. The minimum Gasteiger partial charge on any atom is -0.480 e. The predicted molar refractivity (Wildman–Crippen MR) is 94.9 cm³/mol. The van der Waals surface area contributed by atoms with Crippen LogP contribution in [0.3, 0.4) is 0 Å². The van der Waals surface area contributed by atoms with Crippen molar-refractivity contribution in [3.05, 3.63) is 21.4 Å². The standard InChI is InChI=1S/C18H24N2O4S/c1-12(21)20(11-17(22)23)14-5-3-8-19(9-7-14)18(24)16-10-13-4-2-6-15(13)25-16/h10,14H,2-9,11H2,1H3,(H,22,23). The number of likely N-dealkylation sites (tertiary alicyclic amines) is 1. The average molecular weight is 364 g/mol. The Labute approximate surface area is 151 Å². The Kier molecular flexibility index (Phi) is 5.42. The third kappa shape index (κ3) is 4.03. The Morgan fingerprint density at radius 1 is 1.24 bits per heavy atom. The number of aryl methyl sites for hydroxylation is 2. The van der Waals surface area contributed by atoms with Gasteiger partial charge < -0.3 is 14.9 Å². The quantitative estimate of drug-likeness (QED) is 0.888. The first-order chi connectivity index (χ1) is 12.0. The summed E-state index contributed by atoms with van der Waals surface area (Å²) in [6.07, 6.45) is 5.49. The van der Waals surface area contributed by atoms with Gasteiger partial charge in [-0.1, -0.05) is 0 Å². The van der Waals surface area contributed by atoms with E-state index in [4.69, 9.17) is 5.11 Å². The van der Waals surface area contributed by atoms with Crippen molar-refractivity contribution in [2.75, 3.05) is 19.6 Å². The number of fused-ring (bicyclic) bond motifs is 1. The van der Waals surface area contributed by atoms with Crippen molar-refractivity contribution in [3.63, 3.8) is 0 Å². The number of rotatable bonds is 4. The van der Waals surface area contributed by atoms with Gasteiger partial charge in [-0.3, -0.25) is 14.4 Å². The lowest BCUT2D eigenvalue weighted by Gasteiger charge is -2.28. The topological polar surface area (TPSA) is 77.9 Å². The summed E-state index contributed by atoms with van der Waals surface area (Å²) in [5.41, 5.74) is 1.32. The van der Waals surface area contributed by atoms with Crippen LogP contribution in [-0.4, -0.2) is 58.4 Å². The summed E-state index contributed by atoms with van der Waals surface area (Å²) in [4.78, 5) is 41.1. The second-order valence-electron chi connectivity index (χ2n) is 6.83. The van der Waals surface area contributed by atoms with Crippen LogP contribution in [0, 0.1) is 0 Å². The Hall–Kier alpha value is -1.89. The highest BCUT2D eigenvalue weighted by Crippen LogP contribution is 2.31. The molecule has 1 saturated heterocycles. The zero-order chi connectivity index (χ0) is 18.0. The molecule has 1 aliphatic heterocycles. The van der Waals surface area contributed by atoms with Gasteiger partial charge >= 0.3 is 5.97 Å². The van der Waals surface area contributed by atoms with Gasteiger partial charge in [0.25, 0.3) is 5.91 Å².